The molecule has 6 nitrogen and oxygen atoms in total. The fourth-order valence-electron chi connectivity index (χ4n) is 2.87. The Bertz CT molecular complexity index is 818. The van der Waals surface area contributed by atoms with Crippen molar-refractivity contribution in [2.24, 2.45) is 0 Å². The Morgan fingerprint density at radius 1 is 1.17 bits per heavy atom. The third-order valence-electron chi connectivity index (χ3n) is 4.03. The molecule has 1 atom stereocenters. The zero-order chi connectivity index (χ0) is 16.0. The summed E-state index contributed by atoms with van der Waals surface area (Å²) >= 11 is 0. The molecule has 2 aliphatic heterocycles. The maximum absolute atomic E-state index is 13.1. The van der Waals surface area contributed by atoms with Crippen LogP contribution >= 0.6 is 0 Å². The number of hydrogen-bond donors (Lipinski definition) is 1. The van der Waals surface area contributed by atoms with Crippen LogP contribution in [0.1, 0.15) is 17.3 Å². The molecular formula is C17H14N2O4. The van der Waals surface area contributed by atoms with E-state index in [1.165, 1.54) is 4.90 Å². The first-order valence-electron chi connectivity index (χ1n) is 7.29. The van der Waals surface area contributed by atoms with E-state index in [-0.39, 0.29) is 18.6 Å². The molecule has 2 heterocycles. The summed E-state index contributed by atoms with van der Waals surface area (Å²) in [5, 5.41) is 2.81. The zero-order valence-corrected chi connectivity index (χ0v) is 12.4. The number of nitrogens with one attached hydrogen (secondary N) is 1. The molecule has 2 aromatic carbocycles. The molecule has 2 aromatic rings. The lowest BCUT2D eigenvalue weighted by Crippen LogP contribution is -2.49. The minimum absolute atomic E-state index is 0.0895. The SMILES string of the molecule is CC1C(=O)Nc2ccccc2N1C(=O)c1cccc2c1OCO2. The van der Waals surface area contributed by atoms with E-state index in [2.05, 4.69) is 5.32 Å². The van der Waals surface area contributed by atoms with Gasteiger partial charge in [-0.1, -0.05) is 18.2 Å². The van der Waals surface area contributed by atoms with Gasteiger partial charge in [0.25, 0.3) is 5.91 Å². The molecule has 23 heavy (non-hydrogen) atoms. The minimum atomic E-state index is -0.615. The molecule has 0 radical (unpaired) electrons. The third kappa shape index (κ3) is 2.03. The van der Waals surface area contributed by atoms with Crippen LogP contribution in [-0.2, 0) is 4.79 Å². The van der Waals surface area contributed by atoms with Crippen molar-refractivity contribution in [3.63, 3.8) is 0 Å². The van der Waals surface area contributed by atoms with Crippen LogP contribution in [0.5, 0.6) is 11.5 Å². The first kappa shape index (κ1) is 13.6. The topological polar surface area (TPSA) is 67.9 Å². The predicted molar refractivity (Wildman–Crippen MR) is 83.9 cm³/mol. The van der Waals surface area contributed by atoms with Gasteiger partial charge in [0.05, 0.1) is 16.9 Å². The van der Waals surface area contributed by atoms with Gasteiger partial charge in [-0.25, -0.2) is 0 Å². The number of hydrogen-bond acceptors (Lipinski definition) is 4. The normalized spacial score (nSPS) is 18.4. The van der Waals surface area contributed by atoms with E-state index in [4.69, 9.17) is 9.47 Å². The second kappa shape index (κ2) is 5.01. The number of carbonyl (C=O) groups excluding carboxylic acids is 2. The molecule has 0 saturated heterocycles. The van der Waals surface area contributed by atoms with E-state index in [1.54, 1.807) is 31.2 Å². The van der Waals surface area contributed by atoms with E-state index < -0.39 is 6.04 Å². The van der Waals surface area contributed by atoms with E-state index in [0.717, 1.165) is 0 Å². The average Bonchev–Trinajstić information content (AvgIpc) is 3.04. The molecule has 0 aromatic heterocycles. The van der Waals surface area contributed by atoms with Gasteiger partial charge < -0.3 is 14.8 Å². The largest absolute Gasteiger partial charge is 0.454 e. The molecule has 116 valence electrons. The summed E-state index contributed by atoms with van der Waals surface area (Å²) in [6, 6.07) is 11.8. The maximum Gasteiger partial charge on any atom is 0.262 e. The summed E-state index contributed by atoms with van der Waals surface area (Å²) in [5.41, 5.74) is 1.67. The third-order valence-corrected chi connectivity index (χ3v) is 4.03. The summed E-state index contributed by atoms with van der Waals surface area (Å²) in [6.07, 6.45) is 0. The van der Waals surface area contributed by atoms with Crippen LogP contribution in [0.3, 0.4) is 0 Å². The number of amides is 2. The van der Waals surface area contributed by atoms with E-state index in [0.29, 0.717) is 28.4 Å². The number of fused-ring (bicyclic) bond motifs is 2. The van der Waals surface area contributed by atoms with Crippen LogP contribution in [0, 0.1) is 0 Å². The van der Waals surface area contributed by atoms with Gasteiger partial charge in [-0.3, -0.25) is 14.5 Å². The van der Waals surface area contributed by atoms with Crippen molar-refractivity contribution in [2.45, 2.75) is 13.0 Å². The lowest BCUT2D eigenvalue weighted by molar-refractivity contribution is -0.117. The van der Waals surface area contributed by atoms with E-state index >= 15 is 0 Å². The van der Waals surface area contributed by atoms with Crippen molar-refractivity contribution in [3.8, 4) is 11.5 Å². The van der Waals surface area contributed by atoms with Gasteiger partial charge >= 0.3 is 0 Å². The van der Waals surface area contributed by atoms with Crippen LogP contribution in [0.15, 0.2) is 42.5 Å². The first-order valence-corrected chi connectivity index (χ1v) is 7.29. The summed E-state index contributed by atoms with van der Waals surface area (Å²) in [5.74, 6) is 0.454. The van der Waals surface area contributed by atoms with Crippen LogP contribution in [0.4, 0.5) is 11.4 Å². The molecule has 2 aliphatic rings. The number of para-hydroxylation sites is 3. The van der Waals surface area contributed by atoms with Crippen molar-refractivity contribution < 1.29 is 19.1 Å². The van der Waals surface area contributed by atoms with Gasteiger partial charge in [0.2, 0.25) is 12.7 Å². The average molecular weight is 310 g/mol. The monoisotopic (exact) mass is 310 g/mol. The second-order valence-electron chi connectivity index (χ2n) is 5.40. The quantitative estimate of drug-likeness (QED) is 0.878. The smallest absolute Gasteiger partial charge is 0.262 e. The van der Waals surface area contributed by atoms with Crippen LogP contribution in [0.2, 0.25) is 0 Å². The van der Waals surface area contributed by atoms with Gasteiger partial charge in [-0.05, 0) is 31.2 Å². The van der Waals surface area contributed by atoms with Gasteiger partial charge in [-0.2, -0.15) is 0 Å². The number of rotatable bonds is 1. The molecule has 6 heteroatoms. The summed E-state index contributed by atoms with van der Waals surface area (Å²) in [4.78, 5) is 26.8. The highest BCUT2D eigenvalue weighted by atomic mass is 16.7. The van der Waals surface area contributed by atoms with Gasteiger partial charge in [-0.15, -0.1) is 0 Å². The van der Waals surface area contributed by atoms with Crippen LogP contribution < -0.4 is 19.7 Å². The Kier molecular flexibility index (Phi) is 2.97. The summed E-state index contributed by atoms with van der Waals surface area (Å²) in [6.45, 7) is 1.79. The number of carbonyl (C=O) groups is 2. The molecule has 4 rings (SSSR count). The van der Waals surface area contributed by atoms with Gasteiger partial charge in [0.1, 0.15) is 6.04 Å². The first-order chi connectivity index (χ1) is 11.2. The highest BCUT2D eigenvalue weighted by Crippen LogP contribution is 2.39. The van der Waals surface area contributed by atoms with Crippen LogP contribution in [-0.4, -0.2) is 24.6 Å². The Balaban J connectivity index is 1.82. The highest BCUT2D eigenvalue weighted by Gasteiger charge is 2.36. The number of anilines is 2. The van der Waals surface area contributed by atoms with E-state index in [1.807, 2.05) is 18.2 Å². The fraction of sp³-hybridized carbons (Fsp3) is 0.176. The summed E-state index contributed by atoms with van der Waals surface area (Å²) in [7, 11) is 0. The standard InChI is InChI=1S/C17H14N2O4/c1-10-16(20)18-12-6-2-3-7-13(12)19(10)17(21)11-5-4-8-14-15(11)23-9-22-14/h2-8,10H,9H2,1H3,(H,18,20). The van der Waals surface area contributed by atoms with Crippen molar-refractivity contribution in [1.82, 2.24) is 0 Å². The van der Waals surface area contributed by atoms with Crippen LogP contribution in [0.25, 0.3) is 0 Å². The van der Waals surface area contributed by atoms with Crippen molar-refractivity contribution in [1.29, 1.82) is 0 Å². The van der Waals surface area contributed by atoms with Gasteiger partial charge in [0.15, 0.2) is 11.5 Å². The Morgan fingerprint density at radius 2 is 2.00 bits per heavy atom. The van der Waals surface area contributed by atoms with Crippen molar-refractivity contribution >= 4 is 23.2 Å². The molecule has 1 N–H and O–H groups in total. The predicted octanol–water partition coefficient (Wildman–Crippen LogP) is 2.40. The maximum atomic E-state index is 13.1. The molecule has 0 bridgehead atoms. The molecular weight excluding hydrogens is 296 g/mol. The Morgan fingerprint density at radius 3 is 2.87 bits per heavy atom. The molecule has 2 amide bonds. The second-order valence-corrected chi connectivity index (χ2v) is 5.40. The minimum Gasteiger partial charge on any atom is -0.454 e. The molecule has 0 fully saturated rings. The molecule has 1 unspecified atom stereocenters. The molecule has 0 spiro atoms. The summed E-state index contributed by atoms with van der Waals surface area (Å²) < 4.78 is 10.7. The fourth-order valence-corrected chi connectivity index (χ4v) is 2.87. The lowest BCUT2D eigenvalue weighted by Gasteiger charge is -2.34. The Labute approximate surface area is 132 Å². The van der Waals surface area contributed by atoms with Gasteiger partial charge in [0, 0.05) is 0 Å². The van der Waals surface area contributed by atoms with Crippen molar-refractivity contribution in [2.75, 3.05) is 17.0 Å². The van der Waals surface area contributed by atoms with E-state index in [9.17, 15) is 9.59 Å². The highest BCUT2D eigenvalue weighted by molar-refractivity contribution is 6.17. The number of ether oxygens (including phenoxy) is 2. The lowest BCUT2D eigenvalue weighted by atomic mass is 10.1. The Hall–Kier alpha value is -3.02. The zero-order valence-electron chi connectivity index (χ0n) is 12.4. The number of benzene rings is 2. The molecule has 0 saturated carbocycles. The molecule has 0 aliphatic carbocycles. The van der Waals surface area contributed by atoms with Crippen molar-refractivity contribution in [3.05, 3.63) is 48.0 Å². The number of nitrogens with zero attached hydrogens (tertiary/aromatic N) is 1.